The Balaban J connectivity index is 1.33. The molecule has 0 radical (unpaired) electrons. The van der Waals surface area contributed by atoms with E-state index in [1.807, 2.05) is 0 Å². The van der Waals surface area contributed by atoms with Crippen LogP contribution in [0.4, 0.5) is 18.9 Å². The van der Waals surface area contributed by atoms with E-state index < -0.39 is 23.3 Å². The number of anilines is 1. The third-order valence-corrected chi connectivity index (χ3v) is 10.2. The van der Waals surface area contributed by atoms with Crippen molar-refractivity contribution in [3.63, 3.8) is 0 Å². The highest BCUT2D eigenvalue weighted by atomic mass is 19.1. The third kappa shape index (κ3) is 4.44. The second kappa shape index (κ2) is 10.8. The van der Waals surface area contributed by atoms with Crippen molar-refractivity contribution in [1.82, 2.24) is 20.2 Å². The fraction of sp³-hybridized carbons (Fsp3) is 0.400. The van der Waals surface area contributed by atoms with Gasteiger partial charge in [0, 0.05) is 60.7 Å². The standard InChI is InChI=1S/C35H31F3N6O2/c1-2-24-28(37)7-4-19-10-23(45)11-25(29(19)24)31-30(38)32-27(14-40-31)33(43-16-21-5-6-22(17-43)41-21)26(13-39)34(42-32)46-18-35-8-3-9-44(35)15-20(36)12-35/h1,4,7,10-11,14,20-22,41,45H,3,5-6,8-9,12,15-18H2/t20-,21?,22?,35+/m1/s1. The average Bonchev–Trinajstić information content (AvgIpc) is 3.69. The molecule has 4 fully saturated rings. The van der Waals surface area contributed by atoms with Crippen LogP contribution in [0.2, 0.25) is 0 Å². The molecule has 4 aliphatic rings. The van der Waals surface area contributed by atoms with Gasteiger partial charge in [0.15, 0.2) is 5.82 Å². The Labute approximate surface area is 263 Å². The zero-order valence-corrected chi connectivity index (χ0v) is 25.0. The topological polar surface area (TPSA) is 97.5 Å². The fourth-order valence-electron chi connectivity index (χ4n) is 8.26. The van der Waals surface area contributed by atoms with E-state index in [1.54, 1.807) is 0 Å². The van der Waals surface area contributed by atoms with E-state index in [0.717, 1.165) is 32.2 Å². The number of halogens is 3. The minimum absolute atomic E-state index is 0.0217. The number of hydrogen-bond donors (Lipinski definition) is 2. The number of aromatic nitrogens is 2. The maximum atomic E-state index is 16.9. The van der Waals surface area contributed by atoms with Gasteiger partial charge in [0.2, 0.25) is 5.88 Å². The monoisotopic (exact) mass is 624 g/mol. The number of nitrogens with one attached hydrogen (secondary N) is 1. The van der Waals surface area contributed by atoms with Crippen LogP contribution < -0.4 is 15.0 Å². The van der Waals surface area contributed by atoms with Crippen LogP contribution in [0.3, 0.4) is 0 Å². The van der Waals surface area contributed by atoms with E-state index in [-0.39, 0.29) is 63.6 Å². The lowest BCUT2D eigenvalue weighted by Crippen LogP contribution is -2.51. The van der Waals surface area contributed by atoms with Crippen molar-refractivity contribution in [2.75, 3.05) is 37.7 Å². The van der Waals surface area contributed by atoms with Gasteiger partial charge in [-0.2, -0.15) is 5.26 Å². The predicted octanol–water partition coefficient (Wildman–Crippen LogP) is 5.18. The number of aromatic hydroxyl groups is 1. The van der Waals surface area contributed by atoms with Crippen LogP contribution in [0.1, 0.15) is 43.2 Å². The van der Waals surface area contributed by atoms with E-state index in [9.17, 15) is 19.1 Å². The van der Waals surface area contributed by atoms with E-state index in [1.165, 1.54) is 30.5 Å². The van der Waals surface area contributed by atoms with Gasteiger partial charge in [0.05, 0.1) is 16.8 Å². The van der Waals surface area contributed by atoms with Crippen molar-refractivity contribution in [2.24, 2.45) is 0 Å². The number of nitriles is 1. The molecule has 0 saturated carbocycles. The van der Waals surface area contributed by atoms with E-state index in [4.69, 9.17) is 11.2 Å². The number of rotatable bonds is 5. The number of alkyl halides is 1. The number of terminal acetylenes is 1. The lowest BCUT2D eigenvalue weighted by molar-refractivity contribution is 0.110. The first-order valence-corrected chi connectivity index (χ1v) is 15.7. The number of nitrogens with zero attached hydrogens (tertiary/aromatic N) is 5. The first-order valence-electron chi connectivity index (χ1n) is 15.7. The molecule has 4 aliphatic heterocycles. The van der Waals surface area contributed by atoms with E-state index >= 15 is 4.39 Å². The van der Waals surface area contributed by atoms with Crippen LogP contribution in [0.5, 0.6) is 11.6 Å². The molecule has 2 aromatic carbocycles. The molecule has 2 aromatic heterocycles. The second-order valence-corrected chi connectivity index (χ2v) is 13.0. The molecule has 6 heterocycles. The largest absolute Gasteiger partial charge is 0.508 e. The fourth-order valence-corrected chi connectivity index (χ4v) is 8.26. The van der Waals surface area contributed by atoms with Crippen molar-refractivity contribution in [3.05, 3.63) is 53.2 Å². The number of pyridine rings is 2. The SMILES string of the molecule is C#Cc1c(F)ccc2cc(O)cc(-c3ncc4c(N5CC6CCC(C5)N6)c(C#N)c(OC[C@@]56CCCN5C[C@H](F)C6)nc4c3F)c12. The quantitative estimate of drug-likeness (QED) is 0.293. The maximum absolute atomic E-state index is 16.9. The molecule has 2 unspecified atom stereocenters. The molecule has 0 aliphatic carbocycles. The summed E-state index contributed by atoms with van der Waals surface area (Å²) in [4.78, 5) is 13.3. The number of phenols is 1. The Hall–Kier alpha value is -4.58. The van der Waals surface area contributed by atoms with Crippen molar-refractivity contribution < 1.29 is 23.0 Å². The highest BCUT2D eigenvalue weighted by molar-refractivity contribution is 6.04. The number of piperazine rings is 1. The highest BCUT2D eigenvalue weighted by Gasteiger charge is 2.49. The van der Waals surface area contributed by atoms with Crippen LogP contribution in [0.25, 0.3) is 32.9 Å². The Kier molecular flexibility index (Phi) is 6.75. The molecule has 11 heteroatoms. The predicted molar refractivity (Wildman–Crippen MR) is 167 cm³/mol. The first kappa shape index (κ1) is 28.9. The second-order valence-electron chi connectivity index (χ2n) is 13.0. The number of hydrogen-bond acceptors (Lipinski definition) is 8. The molecule has 234 valence electrons. The Morgan fingerprint density at radius 3 is 2.72 bits per heavy atom. The Morgan fingerprint density at radius 2 is 1.96 bits per heavy atom. The number of fused-ring (bicyclic) bond motifs is 5. The van der Waals surface area contributed by atoms with Gasteiger partial charge in [0.1, 0.15) is 47.2 Å². The molecule has 8 nitrogen and oxygen atoms in total. The minimum atomic E-state index is -0.961. The molecule has 0 amide bonds. The summed E-state index contributed by atoms with van der Waals surface area (Å²) in [6.45, 7) is 2.45. The summed E-state index contributed by atoms with van der Waals surface area (Å²) in [5, 5.41) is 25.6. The Bertz CT molecular complexity index is 2000. The normalized spacial score (nSPS) is 25.6. The molecular weight excluding hydrogens is 593 g/mol. The van der Waals surface area contributed by atoms with Crippen molar-refractivity contribution in [1.29, 1.82) is 5.26 Å². The number of phenolic OH excluding ortho intramolecular Hbond substituents is 1. The number of benzene rings is 2. The van der Waals surface area contributed by atoms with Crippen molar-refractivity contribution >= 4 is 27.4 Å². The molecular formula is C35H31F3N6O2. The summed E-state index contributed by atoms with van der Waals surface area (Å²) < 4.78 is 52.6. The van der Waals surface area contributed by atoms with Gasteiger partial charge < -0.3 is 20.1 Å². The highest BCUT2D eigenvalue weighted by Crippen LogP contribution is 2.44. The van der Waals surface area contributed by atoms with Crippen LogP contribution in [0.15, 0.2) is 30.5 Å². The summed E-state index contributed by atoms with van der Waals surface area (Å²) in [5.41, 5.74) is -0.0611. The van der Waals surface area contributed by atoms with E-state index in [0.29, 0.717) is 42.5 Å². The van der Waals surface area contributed by atoms with E-state index in [2.05, 4.69) is 37.1 Å². The molecule has 4 aromatic rings. The van der Waals surface area contributed by atoms with Gasteiger partial charge in [-0.15, -0.1) is 6.42 Å². The smallest absolute Gasteiger partial charge is 0.234 e. The molecule has 8 rings (SSSR count). The molecule has 2 N–H and O–H groups in total. The molecule has 0 spiro atoms. The van der Waals surface area contributed by atoms with Gasteiger partial charge in [-0.1, -0.05) is 12.0 Å². The van der Waals surface area contributed by atoms with Gasteiger partial charge in [0.25, 0.3) is 0 Å². The zero-order valence-electron chi connectivity index (χ0n) is 25.0. The van der Waals surface area contributed by atoms with Gasteiger partial charge in [-0.05, 0) is 55.8 Å². The van der Waals surface area contributed by atoms with Gasteiger partial charge >= 0.3 is 0 Å². The molecule has 4 atom stereocenters. The summed E-state index contributed by atoms with van der Waals surface area (Å²) in [6, 6.07) is 8.11. The number of ether oxygens (including phenoxy) is 1. The Morgan fingerprint density at radius 1 is 1.15 bits per heavy atom. The maximum Gasteiger partial charge on any atom is 0.234 e. The summed E-state index contributed by atoms with van der Waals surface area (Å²) >= 11 is 0. The van der Waals surface area contributed by atoms with Crippen molar-refractivity contribution in [3.8, 4) is 41.3 Å². The van der Waals surface area contributed by atoms with Crippen LogP contribution in [-0.4, -0.2) is 76.6 Å². The molecule has 4 saturated heterocycles. The van der Waals surface area contributed by atoms with Crippen LogP contribution in [-0.2, 0) is 0 Å². The lowest BCUT2D eigenvalue weighted by Gasteiger charge is -2.36. The van der Waals surface area contributed by atoms with Crippen LogP contribution >= 0.6 is 0 Å². The third-order valence-electron chi connectivity index (χ3n) is 10.2. The van der Waals surface area contributed by atoms with Gasteiger partial charge in [-0.3, -0.25) is 9.88 Å². The molecule has 46 heavy (non-hydrogen) atoms. The first-order chi connectivity index (χ1) is 22.3. The van der Waals surface area contributed by atoms with Crippen LogP contribution in [0, 0.1) is 35.3 Å². The average molecular weight is 625 g/mol. The van der Waals surface area contributed by atoms with Crippen molar-refractivity contribution in [2.45, 2.75) is 55.9 Å². The minimum Gasteiger partial charge on any atom is -0.508 e. The lowest BCUT2D eigenvalue weighted by atomic mass is 9.94. The summed E-state index contributed by atoms with van der Waals surface area (Å²) in [7, 11) is 0. The summed E-state index contributed by atoms with van der Waals surface area (Å²) in [6.07, 6.45) is 10.2. The van der Waals surface area contributed by atoms with Gasteiger partial charge in [-0.25, -0.2) is 18.2 Å². The summed E-state index contributed by atoms with van der Waals surface area (Å²) in [5.74, 6) is 0.683. The molecule has 2 bridgehead atoms. The zero-order chi connectivity index (χ0) is 31.7.